The van der Waals surface area contributed by atoms with E-state index in [1.807, 2.05) is 0 Å². The Hall–Kier alpha value is -3.48. The lowest BCUT2D eigenvalue weighted by molar-refractivity contribution is -0.137. The average molecular weight is 394 g/mol. The molecule has 2 aromatic carbocycles. The summed E-state index contributed by atoms with van der Waals surface area (Å²) in [6, 6.07) is 14.9. The fraction of sp³-hybridized carbons (Fsp3) is 0.273. The van der Waals surface area contributed by atoms with Gasteiger partial charge in [0.15, 0.2) is 12.4 Å². The second kappa shape index (κ2) is 9.14. The van der Waals surface area contributed by atoms with Gasteiger partial charge in [-0.05, 0) is 18.9 Å². The third kappa shape index (κ3) is 4.87. The number of hydrogen-bond acceptors (Lipinski definition) is 5. The standard InChI is InChI=1S/C22H22N2O5/c23-21(27)16-9-6-12-24(13-16)19(25)14-29-22(28)18-11-5-4-10-17(18)20(26)15-7-2-1-3-8-15/h1-5,7-8,10-11,16H,6,9,12-14H2,(H2,23,27)/t16-/m0/s1. The highest BCUT2D eigenvalue weighted by Gasteiger charge is 2.28. The molecule has 0 aliphatic carbocycles. The Kier molecular flexibility index (Phi) is 6.39. The van der Waals surface area contributed by atoms with E-state index < -0.39 is 24.4 Å². The Labute approximate surface area is 168 Å². The summed E-state index contributed by atoms with van der Waals surface area (Å²) in [5.74, 6) is -2.26. The van der Waals surface area contributed by atoms with Gasteiger partial charge in [0.1, 0.15) is 0 Å². The van der Waals surface area contributed by atoms with Crippen LogP contribution < -0.4 is 5.73 Å². The zero-order valence-electron chi connectivity index (χ0n) is 15.9. The maximum Gasteiger partial charge on any atom is 0.339 e. The van der Waals surface area contributed by atoms with Gasteiger partial charge < -0.3 is 15.4 Å². The third-order valence-electron chi connectivity index (χ3n) is 4.93. The molecule has 3 rings (SSSR count). The van der Waals surface area contributed by atoms with Gasteiger partial charge in [0.25, 0.3) is 5.91 Å². The molecule has 0 unspecified atom stereocenters. The molecule has 1 fully saturated rings. The van der Waals surface area contributed by atoms with Crippen LogP contribution in [0.3, 0.4) is 0 Å². The van der Waals surface area contributed by atoms with Crippen molar-refractivity contribution in [2.24, 2.45) is 11.7 Å². The molecule has 0 spiro atoms. The van der Waals surface area contributed by atoms with Crippen LogP contribution >= 0.6 is 0 Å². The van der Waals surface area contributed by atoms with E-state index in [1.54, 1.807) is 48.5 Å². The summed E-state index contributed by atoms with van der Waals surface area (Å²) in [7, 11) is 0. The number of likely N-dealkylation sites (tertiary alicyclic amines) is 1. The maximum absolute atomic E-state index is 12.7. The quantitative estimate of drug-likeness (QED) is 0.594. The SMILES string of the molecule is NC(=O)[C@H]1CCCN(C(=O)COC(=O)c2ccccc2C(=O)c2ccccc2)C1. The number of nitrogens with two attached hydrogens (primary N) is 1. The molecule has 29 heavy (non-hydrogen) atoms. The van der Waals surface area contributed by atoms with Crippen molar-refractivity contribution in [1.29, 1.82) is 0 Å². The van der Waals surface area contributed by atoms with Gasteiger partial charge in [-0.2, -0.15) is 0 Å². The zero-order chi connectivity index (χ0) is 20.8. The zero-order valence-corrected chi connectivity index (χ0v) is 15.9. The molecule has 0 radical (unpaired) electrons. The number of ether oxygens (including phenoxy) is 1. The van der Waals surface area contributed by atoms with Crippen LogP contribution in [-0.2, 0) is 14.3 Å². The van der Waals surface area contributed by atoms with Gasteiger partial charge >= 0.3 is 5.97 Å². The fourth-order valence-corrected chi connectivity index (χ4v) is 3.34. The van der Waals surface area contributed by atoms with E-state index in [4.69, 9.17) is 10.5 Å². The van der Waals surface area contributed by atoms with E-state index in [2.05, 4.69) is 0 Å². The van der Waals surface area contributed by atoms with Gasteiger partial charge in [-0.1, -0.05) is 48.5 Å². The predicted molar refractivity (Wildman–Crippen MR) is 105 cm³/mol. The molecule has 7 nitrogen and oxygen atoms in total. The number of piperidine rings is 1. The lowest BCUT2D eigenvalue weighted by atomic mass is 9.97. The molecule has 2 amide bonds. The largest absolute Gasteiger partial charge is 0.452 e. The first-order chi connectivity index (χ1) is 14.0. The summed E-state index contributed by atoms with van der Waals surface area (Å²) < 4.78 is 5.17. The van der Waals surface area contributed by atoms with Crippen molar-refractivity contribution in [3.63, 3.8) is 0 Å². The first-order valence-corrected chi connectivity index (χ1v) is 9.40. The van der Waals surface area contributed by atoms with Crippen LogP contribution in [0.4, 0.5) is 0 Å². The van der Waals surface area contributed by atoms with Gasteiger partial charge in [0, 0.05) is 24.2 Å². The van der Waals surface area contributed by atoms with Crippen molar-refractivity contribution in [3.05, 3.63) is 71.3 Å². The van der Waals surface area contributed by atoms with Crippen molar-refractivity contribution < 1.29 is 23.9 Å². The topological polar surface area (TPSA) is 107 Å². The Morgan fingerprint density at radius 3 is 2.31 bits per heavy atom. The van der Waals surface area contributed by atoms with Crippen LogP contribution in [0.1, 0.15) is 39.1 Å². The minimum Gasteiger partial charge on any atom is -0.452 e. The molecule has 0 bridgehead atoms. The van der Waals surface area contributed by atoms with Crippen LogP contribution in [0.15, 0.2) is 54.6 Å². The number of nitrogens with zero attached hydrogens (tertiary/aromatic N) is 1. The number of ketones is 1. The van der Waals surface area contributed by atoms with E-state index in [1.165, 1.54) is 11.0 Å². The van der Waals surface area contributed by atoms with E-state index in [0.29, 0.717) is 24.9 Å². The molecule has 1 aliphatic rings. The van der Waals surface area contributed by atoms with Crippen LogP contribution in [0.2, 0.25) is 0 Å². The van der Waals surface area contributed by atoms with Gasteiger partial charge in [-0.3, -0.25) is 14.4 Å². The lowest BCUT2D eigenvalue weighted by Gasteiger charge is -2.31. The van der Waals surface area contributed by atoms with Crippen molar-refractivity contribution in [3.8, 4) is 0 Å². The highest BCUT2D eigenvalue weighted by atomic mass is 16.5. The summed E-state index contributed by atoms with van der Waals surface area (Å²) in [6.45, 7) is 0.260. The number of benzene rings is 2. The molecule has 0 aromatic heterocycles. The highest BCUT2D eigenvalue weighted by molar-refractivity contribution is 6.14. The normalized spacial score (nSPS) is 16.1. The Morgan fingerprint density at radius 1 is 0.966 bits per heavy atom. The second-order valence-electron chi connectivity index (χ2n) is 6.90. The molecule has 1 heterocycles. The van der Waals surface area contributed by atoms with Gasteiger partial charge in [0.05, 0.1) is 11.5 Å². The molecular formula is C22H22N2O5. The molecule has 7 heteroatoms. The van der Waals surface area contributed by atoms with E-state index in [-0.39, 0.29) is 29.4 Å². The molecule has 1 saturated heterocycles. The highest BCUT2D eigenvalue weighted by Crippen LogP contribution is 2.18. The first kappa shape index (κ1) is 20.3. The number of amides is 2. The number of primary amides is 1. The average Bonchev–Trinajstić information content (AvgIpc) is 2.77. The van der Waals surface area contributed by atoms with Crippen molar-refractivity contribution in [2.45, 2.75) is 12.8 Å². The lowest BCUT2D eigenvalue weighted by Crippen LogP contribution is -2.45. The molecule has 150 valence electrons. The molecular weight excluding hydrogens is 372 g/mol. The van der Waals surface area contributed by atoms with Gasteiger partial charge in [-0.15, -0.1) is 0 Å². The number of rotatable bonds is 6. The smallest absolute Gasteiger partial charge is 0.339 e. The minimum absolute atomic E-state index is 0.0998. The van der Waals surface area contributed by atoms with E-state index in [0.717, 1.165) is 0 Å². The fourth-order valence-electron chi connectivity index (χ4n) is 3.34. The van der Waals surface area contributed by atoms with Crippen molar-refractivity contribution in [2.75, 3.05) is 19.7 Å². The Morgan fingerprint density at radius 2 is 1.62 bits per heavy atom. The van der Waals surface area contributed by atoms with Crippen LogP contribution in [0, 0.1) is 5.92 Å². The summed E-state index contributed by atoms with van der Waals surface area (Å²) in [5, 5.41) is 0. The molecule has 1 atom stereocenters. The first-order valence-electron chi connectivity index (χ1n) is 9.40. The predicted octanol–water partition coefficient (Wildman–Crippen LogP) is 1.80. The van der Waals surface area contributed by atoms with E-state index in [9.17, 15) is 19.2 Å². The summed E-state index contributed by atoms with van der Waals surface area (Å²) >= 11 is 0. The summed E-state index contributed by atoms with van der Waals surface area (Å²) in [5.41, 5.74) is 6.09. The Bertz CT molecular complexity index is 926. The molecule has 0 saturated carbocycles. The van der Waals surface area contributed by atoms with Crippen molar-refractivity contribution in [1.82, 2.24) is 4.90 Å². The van der Waals surface area contributed by atoms with Crippen LogP contribution in [-0.4, -0.2) is 48.2 Å². The Balaban J connectivity index is 1.66. The van der Waals surface area contributed by atoms with Crippen molar-refractivity contribution >= 4 is 23.6 Å². The minimum atomic E-state index is -0.748. The molecule has 2 aromatic rings. The van der Waals surface area contributed by atoms with Gasteiger partial charge in [-0.25, -0.2) is 4.79 Å². The van der Waals surface area contributed by atoms with E-state index >= 15 is 0 Å². The summed E-state index contributed by atoms with van der Waals surface area (Å²) in [6.07, 6.45) is 1.32. The second-order valence-corrected chi connectivity index (χ2v) is 6.90. The maximum atomic E-state index is 12.7. The summed E-state index contributed by atoms with van der Waals surface area (Å²) in [4.78, 5) is 50.5. The number of carbonyl (C=O) groups is 4. The third-order valence-corrected chi connectivity index (χ3v) is 4.93. The molecule has 1 aliphatic heterocycles. The monoisotopic (exact) mass is 394 g/mol. The van der Waals surface area contributed by atoms with Crippen LogP contribution in [0.5, 0.6) is 0 Å². The number of hydrogen-bond donors (Lipinski definition) is 1. The number of esters is 1. The number of carbonyl (C=O) groups excluding carboxylic acids is 4. The van der Waals surface area contributed by atoms with Gasteiger partial charge in [0.2, 0.25) is 5.91 Å². The van der Waals surface area contributed by atoms with Crippen LogP contribution in [0.25, 0.3) is 0 Å². The molecule has 2 N–H and O–H groups in total.